The van der Waals surface area contributed by atoms with Gasteiger partial charge in [0.25, 0.3) is 0 Å². The lowest BCUT2D eigenvalue weighted by molar-refractivity contribution is 0.0506. The molecule has 0 saturated heterocycles. The second-order valence-electron chi connectivity index (χ2n) is 4.00. The molecule has 19 heavy (non-hydrogen) atoms. The standard InChI is InChI=1S/C13H14BrN3O2/c1-3-19-13(18)12-16-15-9(2)17(12)8-10-4-6-11(14)7-5-10/h4-7H,3,8H2,1-2H3. The number of ether oxygens (including phenoxy) is 1. The molecular formula is C13H14BrN3O2. The van der Waals surface area contributed by atoms with Gasteiger partial charge in [0.2, 0.25) is 5.82 Å². The summed E-state index contributed by atoms with van der Waals surface area (Å²) in [6.07, 6.45) is 0. The van der Waals surface area contributed by atoms with E-state index >= 15 is 0 Å². The van der Waals surface area contributed by atoms with E-state index in [-0.39, 0.29) is 5.82 Å². The number of aryl methyl sites for hydroxylation is 1. The molecule has 0 atom stereocenters. The van der Waals surface area contributed by atoms with Crippen molar-refractivity contribution in [3.8, 4) is 0 Å². The molecule has 0 aliphatic carbocycles. The molecule has 0 saturated carbocycles. The Bertz CT molecular complexity index is 578. The SMILES string of the molecule is CCOC(=O)c1nnc(C)n1Cc1ccc(Br)cc1. The zero-order valence-corrected chi connectivity index (χ0v) is 12.3. The molecule has 5 nitrogen and oxygen atoms in total. The molecule has 1 heterocycles. The van der Waals surface area contributed by atoms with E-state index in [2.05, 4.69) is 26.1 Å². The molecule has 0 spiro atoms. The first-order valence-corrected chi connectivity index (χ1v) is 6.72. The van der Waals surface area contributed by atoms with Crippen LogP contribution in [0.15, 0.2) is 28.7 Å². The summed E-state index contributed by atoms with van der Waals surface area (Å²) in [5.74, 6) is 0.480. The quantitative estimate of drug-likeness (QED) is 0.811. The number of halogens is 1. The van der Waals surface area contributed by atoms with Crippen LogP contribution in [0.25, 0.3) is 0 Å². The van der Waals surface area contributed by atoms with Crippen LogP contribution in [-0.4, -0.2) is 27.3 Å². The number of hydrogen-bond donors (Lipinski definition) is 0. The highest BCUT2D eigenvalue weighted by Gasteiger charge is 2.17. The normalized spacial score (nSPS) is 10.5. The van der Waals surface area contributed by atoms with Crippen molar-refractivity contribution in [3.05, 3.63) is 46.0 Å². The molecule has 2 rings (SSSR count). The molecule has 2 aromatic rings. The van der Waals surface area contributed by atoms with Crippen LogP contribution >= 0.6 is 15.9 Å². The summed E-state index contributed by atoms with van der Waals surface area (Å²) in [6, 6.07) is 7.88. The van der Waals surface area contributed by atoms with Gasteiger partial charge in [-0.2, -0.15) is 0 Å². The highest BCUT2D eigenvalue weighted by atomic mass is 79.9. The Morgan fingerprint density at radius 2 is 2.00 bits per heavy atom. The first kappa shape index (κ1) is 13.7. The lowest BCUT2D eigenvalue weighted by Gasteiger charge is -2.08. The van der Waals surface area contributed by atoms with Crippen LogP contribution in [-0.2, 0) is 11.3 Å². The molecule has 0 fully saturated rings. The number of aromatic nitrogens is 3. The summed E-state index contributed by atoms with van der Waals surface area (Å²) in [6.45, 7) is 4.44. The van der Waals surface area contributed by atoms with Crippen molar-refractivity contribution in [2.75, 3.05) is 6.61 Å². The molecule has 0 aliphatic heterocycles. The summed E-state index contributed by atoms with van der Waals surface area (Å²) in [7, 11) is 0. The second kappa shape index (κ2) is 5.97. The Morgan fingerprint density at radius 3 is 2.63 bits per heavy atom. The highest BCUT2D eigenvalue weighted by molar-refractivity contribution is 9.10. The first-order valence-electron chi connectivity index (χ1n) is 5.93. The van der Waals surface area contributed by atoms with E-state index in [0.717, 1.165) is 10.0 Å². The third kappa shape index (κ3) is 3.20. The van der Waals surface area contributed by atoms with E-state index < -0.39 is 5.97 Å². The van der Waals surface area contributed by atoms with Crippen molar-refractivity contribution in [2.24, 2.45) is 0 Å². The van der Waals surface area contributed by atoms with Crippen molar-refractivity contribution >= 4 is 21.9 Å². The van der Waals surface area contributed by atoms with Crippen molar-refractivity contribution in [1.82, 2.24) is 14.8 Å². The van der Waals surface area contributed by atoms with Crippen molar-refractivity contribution in [2.45, 2.75) is 20.4 Å². The van der Waals surface area contributed by atoms with Gasteiger partial charge in [-0.25, -0.2) is 4.79 Å². The van der Waals surface area contributed by atoms with Crippen LogP contribution in [0.4, 0.5) is 0 Å². The number of hydrogen-bond acceptors (Lipinski definition) is 4. The molecular weight excluding hydrogens is 310 g/mol. The number of carbonyl (C=O) groups is 1. The summed E-state index contributed by atoms with van der Waals surface area (Å²) >= 11 is 3.39. The summed E-state index contributed by atoms with van der Waals surface area (Å²) in [5, 5.41) is 7.81. The first-order chi connectivity index (χ1) is 9.11. The molecule has 0 aliphatic rings. The maximum absolute atomic E-state index is 11.8. The van der Waals surface area contributed by atoms with Crippen LogP contribution in [0.5, 0.6) is 0 Å². The van der Waals surface area contributed by atoms with E-state index in [4.69, 9.17) is 4.74 Å². The fraction of sp³-hybridized carbons (Fsp3) is 0.308. The molecule has 0 radical (unpaired) electrons. The molecule has 0 bridgehead atoms. The van der Waals surface area contributed by atoms with Crippen molar-refractivity contribution in [1.29, 1.82) is 0 Å². The van der Waals surface area contributed by atoms with Crippen LogP contribution < -0.4 is 0 Å². The molecule has 0 N–H and O–H groups in total. The molecule has 0 unspecified atom stereocenters. The Hall–Kier alpha value is -1.69. The second-order valence-corrected chi connectivity index (χ2v) is 4.92. The van der Waals surface area contributed by atoms with E-state index in [1.54, 1.807) is 11.5 Å². The van der Waals surface area contributed by atoms with E-state index in [0.29, 0.717) is 19.0 Å². The zero-order valence-electron chi connectivity index (χ0n) is 10.8. The summed E-state index contributed by atoms with van der Waals surface area (Å²) in [4.78, 5) is 11.8. The monoisotopic (exact) mass is 323 g/mol. The lowest BCUT2D eigenvalue weighted by atomic mass is 10.2. The molecule has 1 aromatic heterocycles. The number of benzene rings is 1. The minimum absolute atomic E-state index is 0.238. The van der Waals surface area contributed by atoms with Crippen molar-refractivity contribution in [3.63, 3.8) is 0 Å². The Labute approximate surface area is 119 Å². The van der Waals surface area contributed by atoms with Gasteiger partial charge in [0.1, 0.15) is 5.82 Å². The minimum Gasteiger partial charge on any atom is -0.460 e. The predicted octanol–water partition coefficient (Wildman–Crippen LogP) is 2.57. The third-order valence-electron chi connectivity index (χ3n) is 2.65. The van der Waals surface area contributed by atoms with Gasteiger partial charge < -0.3 is 9.30 Å². The number of esters is 1. The van der Waals surface area contributed by atoms with Gasteiger partial charge in [0, 0.05) is 4.47 Å². The lowest BCUT2D eigenvalue weighted by Crippen LogP contribution is -2.15. The van der Waals surface area contributed by atoms with Gasteiger partial charge in [0.15, 0.2) is 0 Å². The topological polar surface area (TPSA) is 57.0 Å². The fourth-order valence-electron chi connectivity index (χ4n) is 1.69. The smallest absolute Gasteiger partial charge is 0.376 e. The van der Waals surface area contributed by atoms with Gasteiger partial charge in [-0.1, -0.05) is 28.1 Å². The number of carbonyl (C=O) groups excluding carboxylic acids is 1. The average Bonchev–Trinajstić information content (AvgIpc) is 2.74. The Morgan fingerprint density at radius 1 is 1.32 bits per heavy atom. The van der Waals surface area contributed by atoms with Crippen LogP contribution in [0.2, 0.25) is 0 Å². The summed E-state index contributed by atoms with van der Waals surface area (Å²) in [5.41, 5.74) is 1.07. The average molecular weight is 324 g/mol. The highest BCUT2D eigenvalue weighted by Crippen LogP contribution is 2.13. The third-order valence-corrected chi connectivity index (χ3v) is 3.18. The van der Waals surface area contributed by atoms with Gasteiger partial charge in [-0.15, -0.1) is 10.2 Å². The Balaban J connectivity index is 2.26. The predicted molar refractivity (Wildman–Crippen MR) is 74.0 cm³/mol. The number of rotatable bonds is 4. The zero-order chi connectivity index (χ0) is 13.8. The summed E-state index contributed by atoms with van der Waals surface area (Å²) < 4.78 is 7.74. The van der Waals surface area contributed by atoms with Gasteiger partial charge in [-0.05, 0) is 31.5 Å². The Kier molecular flexibility index (Phi) is 4.31. The van der Waals surface area contributed by atoms with Crippen LogP contribution in [0.3, 0.4) is 0 Å². The van der Waals surface area contributed by atoms with Gasteiger partial charge >= 0.3 is 5.97 Å². The van der Waals surface area contributed by atoms with Gasteiger partial charge in [-0.3, -0.25) is 0 Å². The van der Waals surface area contributed by atoms with E-state index in [9.17, 15) is 4.79 Å². The molecule has 100 valence electrons. The minimum atomic E-state index is -0.444. The van der Waals surface area contributed by atoms with E-state index in [1.807, 2.05) is 31.2 Å². The van der Waals surface area contributed by atoms with Gasteiger partial charge in [0.05, 0.1) is 13.2 Å². The van der Waals surface area contributed by atoms with E-state index in [1.165, 1.54) is 0 Å². The largest absolute Gasteiger partial charge is 0.460 e. The molecule has 0 amide bonds. The van der Waals surface area contributed by atoms with Crippen LogP contribution in [0.1, 0.15) is 28.9 Å². The van der Waals surface area contributed by atoms with Crippen LogP contribution in [0, 0.1) is 6.92 Å². The maximum Gasteiger partial charge on any atom is 0.376 e. The molecule has 1 aromatic carbocycles. The maximum atomic E-state index is 11.8. The molecule has 6 heteroatoms. The fourth-order valence-corrected chi connectivity index (χ4v) is 1.95. The van der Waals surface area contributed by atoms with Crippen molar-refractivity contribution < 1.29 is 9.53 Å². The number of nitrogens with zero attached hydrogens (tertiary/aromatic N) is 3.